The second-order valence-corrected chi connectivity index (χ2v) is 13.7. The molecule has 0 spiro atoms. The van der Waals surface area contributed by atoms with Gasteiger partial charge in [-0.15, -0.1) is 26.3 Å². The van der Waals surface area contributed by atoms with Crippen molar-refractivity contribution < 1.29 is 35.6 Å². The Hall–Kier alpha value is -0.492. The van der Waals surface area contributed by atoms with Crippen LogP contribution >= 0.6 is 0 Å². The smallest absolute Gasteiger partial charge is 0.403 e. The average molecular weight is 353 g/mol. The van der Waals surface area contributed by atoms with Crippen molar-refractivity contribution >= 4 is 35.2 Å². The van der Waals surface area contributed by atoms with E-state index in [9.17, 15) is 19.2 Å². The number of hydrogen-bond donors (Lipinski definition) is 4. The minimum Gasteiger partial charge on any atom is -0.403 e. The summed E-state index contributed by atoms with van der Waals surface area (Å²) >= 11 is 0. The molecule has 1 aliphatic heterocycles. The zero-order valence-corrected chi connectivity index (χ0v) is 14.6. The Morgan fingerprint density at radius 3 is 1.10 bits per heavy atom. The van der Waals surface area contributed by atoms with E-state index in [1.54, 1.807) is 0 Å². The summed E-state index contributed by atoms with van der Waals surface area (Å²) in [4.78, 5) is 38.5. The van der Waals surface area contributed by atoms with E-state index in [2.05, 4.69) is 30.4 Å². The fourth-order valence-electron chi connectivity index (χ4n) is 1.42. The molecule has 0 amide bonds. The van der Waals surface area contributed by atoms with Crippen LogP contribution in [0.2, 0.25) is 0 Å². The lowest BCUT2D eigenvalue weighted by molar-refractivity contribution is 0.0304. The van der Waals surface area contributed by atoms with E-state index in [1.807, 2.05) is 0 Å². The standard InChI is InChI=1S/C8H16O8Si4/c1-5-17(6-2)13-18(7-3,8-4)15-20(11,12)16-19(9,10)14-17/h5-12H,1-4H2. The van der Waals surface area contributed by atoms with Gasteiger partial charge in [-0.3, -0.25) is 0 Å². The Morgan fingerprint density at radius 1 is 0.550 bits per heavy atom. The molecule has 0 aromatic heterocycles. The molecule has 0 aromatic carbocycles. The van der Waals surface area contributed by atoms with Crippen LogP contribution in [0.3, 0.4) is 0 Å². The fraction of sp³-hybridized carbons (Fsp3) is 0. The number of rotatable bonds is 4. The Kier molecular flexibility index (Phi) is 5.02. The monoisotopic (exact) mass is 352 g/mol. The second-order valence-electron chi connectivity index (χ2n) is 3.76. The molecule has 8 nitrogen and oxygen atoms in total. The van der Waals surface area contributed by atoms with E-state index < -0.39 is 35.2 Å². The molecule has 1 heterocycles. The van der Waals surface area contributed by atoms with Crippen LogP contribution < -0.4 is 0 Å². The zero-order valence-electron chi connectivity index (χ0n) is 10.6. The van der Waals surface area contributed by atoms with Crippen LogP contribution in [0.4, 0.5) is 0 Å². The SMILES string of the molecule is C=C[Si]1(C=C)O[Si](O)(O)O[Si](O)(O)O[Si](C=C)(C=C)O1. The van der Waals surface area contributed by atoms with E-state index >= 15 is 0 Å². The van der Waals surface area contributed by atoms with Gasteiger partial charge in [0.15, 0.2) is 0 Å². The van der Waals surface area contributed by atoms with Crippen LogP contribution in [0.1, 0.15) is 0 Å². The van der Waals surface area contributed by atoms with Gasteiger partial charge in [-0.2, -0.15) is 0 Å². The van der Waals surface area contributed by atoms with Gasteiger partial charge in [0.25, 0.3) is 0 Å². The maximum atomic E-state index is 9.64. The minimum atomic E-state index is -4.89. The normalized spacial score (nSPS) is 26.6. The van der Waals surface area contributed by atoms with Crippen LogP contribution in [0.15, 0.2) is 49.1 Å². The minimum absolute atomic E-state index is 1.22. The molecule has 1 rings (SSSR count). The van der Waals surface area contributed by atoms with Crippen molar-refractivity contribution in [3.05, 3.63) is 49.1 Å². The molecule has 1 aliphatic rings. The molecule has 0 aromatic rings. The molecule has 0 bridgehead atoms. The Balaban J connectivity index is 3.35. The van der Waals surface area contributed by atoms with E-state index in [0.29, 0.717) is 0 Å². The molecule has 0 unspecified atom stereocenters. The molecule has 0 radical (unpaired) electrons. The zero-order chi connectivity index (χ0) is 15.7. The highest BCUT2D eigenvalue weighted by atomic mass is 28.6. The van der Waals surface area contributed by atoms with Gasteiger partial charge >= 0.3 is 35.2 Å². The van der Waals surface area contributed by atoms with Crippen molar-refractivity contribution in [1.29, 1.82) is 0 Å². The van der Waals surface area contributed by atoms with Gasteiger partial charge in [0, 0.05) is 0 Å². The van der Waals surface area contributed by atoms with Gasteiger partial charge in [0.2, 0.25) is 0 Å². The van der Waals surface area contributed by atoms with E-state index in [1.165, 1.54) is 22.8 Å². The predicted molar refractivity (Wildman–Crippen MR) is 77.0 cm³/mol. The summed E-state index contributed by atoms with van der Waals surface area (Å²) in [5, 5.41) is 0. The Morgan fingerprint density at radius 2 is 0.850 bits per heavy atom. The van der Waals surface area contributed by atoms with Crippen molar-refractivity contribution in [2.45, 2.75) is 0 Å². The molecule has 0 aliphatic carbocycles. The largest absolute Gasteiger partial charge is 0.659 e. The third-order valence-corrected chi connectivity index (χ3v) is 13.9. The van der Waals surface area contributed by atoms with Gasteiger partial charge in [-0.1, -0.05) is 0 Å². The first kappa shape index (κ1) is 17.6. The number of hydrogen-bond acceptors (Lipinski definition) is 8. The Bertz CT molecular complexity index is 382. The molecule has 12 heteroatoms. The first-order valence-corrected chi connectivity index (χ1v) is 12.7. The molecule has 112 valence electrons. The van der Waals surface area contributed by atoms with E-state index in [0.717, 1.165) is 0 Å². The molecule has 0 saturated carbocycles. The van der Waals surface area contributed by atoms with Crippen molar-refractivity contribution in [2.75, 3.05) is 0 Å². The highest BCUT2D eigenvalue weighted by molar-refractivity contribution is 6.96. The summed E-state index contributed by atoms with van der Waals surface area (Å²) in [7, 11) is -16.8. The predicted octanol–water partition coefficient (Wildman–Crippen LogP) is -1.31. The molecule has 1 fully saturated rings. The molecule has 1 saturated heterocycles. The quantitative estimate of drug-likeness (QED) is 0.461. The highest BCUT2D eigenvalue weighted by Gasteiger charge is 2.62. The maximum absolute atomic E-state index is 9.64. The van der Waals surface area contributed by atoms with Gasteiger partial charge < -0.3 is 35.6 Å². The summed E-state index contributed by atoms with van der Waals surface area (Å²) in [6.45, 7) is 14.0. The summed E-state index contributed by atoms with van der Waals surface area (Å²) < 4.78 is 20.2. The van der Waals surface area contributed by atoms with Crippen LogP contribution in [0.25, 0.3) is 0 Å². The fourth-order valence-corrected chi connectivity index (χ4v) is 13.3. The van der Waals surface area contributed by atoms with Gasteiger partial charge in [-0.25, -0.2) is 0 Å². The topological polar surface area (TPSA) is 118 Å². The summed E-state index contributed by atoms with van der Waals surface area (Å²) in [5.41, 5.74) is 4.88. The third-order valence-electron chi connectivity index (χ3n) is 2.31. The average Bonchev–Trinajstić information content (AvgIpc) is 2.33. The van der Waals surface area contributed by atoms with E-state index in [-0.39, 0.29) is 0 Å². The Labute approximate surface area is 120 Å². The first-order chi connectivity index (χ1) is 9.07. The maximum Gasteiger partial charge on any atom is 0.659 e. The molecular formula is C8H16O8Si4. The van der Waals surface area contributed by atoms with Crippen molar-refractivity contribution in [3.63, 3.8) is 0 Å². The van der Waals surface area contributed by atoms with Crippen LogP contribution in [-0.4, -0.2) is 54.4 Å². The van der Waals surface area contributed by atoms with Crippen molar-refractivity contribution in [3.8, 4) is 0 Å². The van der Waals surface area contributed by atoms with Crippen LogP contribution in [0, 0.1) is 0 Å². The molecular weight excluding hydrogens is 336 g/mol. The van der Waals surface area contributed by atoms with Crippen molar-refractivity contribution in [1.82, 2.24) is 0 Å². The van der Waals surface area contributed by atoms with Crippen LogP contribution in [-0.2, 0) is 16.5 Å². The lowest BCUT2D eigenvalue weighted by atomic mass is 11.2. The van der Waals surface area contributed by atoms with E-state index in [4.69, 9.17) is 12.3 Å². The lowest BCUT2D eigenvalue weighted by Gasteiger charge is -2.41. The van der Waals surface area contributed by atoms with Gasteiger partial charge in [0.1, 0.15) is 0 Å². The molecule has 4 N–H and O–H groups in total. The highest BCUT2D eigenvalue weighted by Crippen LogP contribution is 2.28. The lowest BCUT2D eigenvalue weighted by Crippen LogP contribution is -2.69. The molecule has 0 atom stereocenters. The van der Waals surface area contributed by atoms with Crippen molar-refractivity contribution in [2.24, 2.45) is 0 Å². The second kappa shape index (κ2) is 5.71. The summed E-state index contributed by atoms with van der Waals surface area (Å²) in [6, 6.07) is 0. The van der Waals surface area contributed by atoms with Gasteiger partial charge in [-0.05, 0) is 22.8 Å². The first-order valence-electron chi connectivity index (χ1n) is 5.32. The summed E-state index contributed by atoms with van der Waals surface area (Å²) in [5.74, 6) is 0. The molecule has 20 heavy (non-hydrogen) atoms. The van der Waals surface area contributed by atoms with Crippen LogP contribution in [0.5, 0.6) is 0 Å². The summed E-state index contributed by atoms with van der Waals surface area (Å²) in [6.07, 6.45) is 0. The third kappa shape index (κ3) is 3.78. The van der Waals surface area contributed by atoms with Gasteiger partial charge in [0.05, 0.1) is 0 Å².